The van der Waals surface area contributed by atoms with Gasteiger partial charge in [-0.15, -0.1) is 0 Å². The molecule has 166 valence electrons. The lowest BCUT2D eigenvalue weighted by Gasteiger charge is -2.20. The minimum atomic E-state index is -3.54. The van der Waals surface area contributed by atoms with Gasteiger partial charge in [-0.05, 0) is 37.1 Å². The molecule has 0 aromatic carbocycles. The van der Waals surface area contributed by atoms with E-state index in [0.29, 0.717) is 37.0 Å². The standard InChI is InChI=1S/C21H26N4O4S2/c22-10-6-11-24(16-18-7-5-14-29-18)21(26)17-30-20-9-8-19(15-23-20)31(27,28)25-12-3-1-2-4-13-25/h5,7-9,14-15H,1-4,6,11-13,16-17H2. The summed E-state index contributed by atoms with van der Waals surface area (Å²) in [6, 6.07) is 8.77. The molecule has 0 saturated carbocycles. The Morgan fingerprint density at radius 3 is 2.61 bits per heavy atom. The molecule has 0 spiro atoms. The van der Waals surface area contributed by atoms with E-state index in [1.807, 2.05) is 0 Å². The number of carbonyl (C=O) groups is 1. The third kappa shape index (κ3) is 6.56. The SMILES string of the molecule is N#CCCN(Cc1ccco1)C(=O)CSc1ccc(S(=O)(=O)N2CCCCCC2)cn1. The fraction of sp³-hybridized carbons (Fsp3) is 0.476. The third-order valence-corrected chi connectivity index (χ3v) is 7.84. The maximum absolute atomic E-state index is 12.8. The van der Waals surface area contributed by atoms with Crippen LogP contribution in [0.2, 0.25) is 0 Å². The Labute approximate surface area is 187 Å². The molecule has 0 radical (unpaired) electrons. The molecule has 3 heterocycles. The maximum Gasteiger partial charge on any atom is 0.244 e. The summed E-state index contributed by atoms with van der Waals surface area (Å²) in [4.78, 5) is 18.6. The molecule has 0 bridgehead atoms. The zero-order chi connectivity index (χ0) is 22.1. The highest BCUT2D eigenvalue weighted by Gasteiger charge is 2.25. The van der Waals surface area contributed by atoms with Crippen molar-refractivity contribution in [1.82, 2.24) is 14.2 Å². The van der Waals surface area contributed by atoms with Gasteiger partial charge in [0.1, 0.15) is 10.7 Å². The van der Waals surface area contributed by atoms with Gasteiger partial charge in [0.2, 0.25) is 15.9 Å². The molecule has 2 aromatic heterocycles. The fourth-order valence-corrected chi connectivity index (χ4v) is 5.54. The first-order valence-electron chi connectivity index (χ1n) is 10.3. The molecule has 0 aliphatic carbocycles. The molecule has 1 saturated heterocycles. The van der Waals surface area contributed by atoms with Crippen LogP contribution in [0.1, 0.15) is 37.9 Å². The largest absolute Gasteiger partial charge is 0.467 e. The summed E-state index contributed by atoms with van der Waals surface area (Å²) >= 11 is 1.24. The number of sulfonamides is 1. The van der Waals surface area contributed by atoms with Crippen LogP contribution < -0.4 is 0 Å². The van der Waals surface area contributed by atoms with Crippen molar-refractivity contribution < 1.29 is 17.6 Å². The lowest BCUT2D eigenvalue weighted by Crippen LogP contribution is -2.32. The monoisotopic (exact) mass is 462 g/mol. The van der Waals surface area contributed by atoms with Crippen molar-refractivity contribution in [3.8, 4) is 6.07 Å². The number of thioether (sulfide) groups is 1. The van der Waals surface area contributed by atoms with Gasteiger partial charge in [0, 0.05) is 25.8 Å². The van der Waals surface area contributed by atoms with Gasteiger partial charge >= 0.3 is 0 Å². The second-order valence-corrected chi connectivity index (χ2v) is 10.2. The zero-order valence-corrected chi connectivity index (χ0v) is 18.9. The number of furan rings is 1. The van der Waals surface area contributed by atoms with Crippen molar-refractivity contribution in [2.24, 2.45) is 0 Å². The van der Waals surface area contributed by atoms with Crippen molar-refractivity contribution in [2.75, 3.05) is 25.4 Å². The van der Waals surface area contributed by atoms with Crippen molar-refractivity contribution in [1.29, 1.82) is 5.26 Å². The number of carbonyl (C=O) groups excluding carboxylic acids is 1. The van der Waals surface area contributed by atoms with Gasteiger partial charge in [-0.25, -0.2) is 13.4 Å². The Morgan fingerprint density at radius 1 is 1.23 bits per heavy atom. The van der Waals surface area contributed by atoms with E-state index in [2.05, 4.69) is 11.1 Å². The van der Waals surface area contributed by atoms with Crippen LogP contribution in [0.25, 0.3) is 0 Å². The highest BCUT2D eigenvalue weighted by Crippen LogP contribution is 2.22. The predicted octanol–water partition coefficient (Wildman–Crippen LogP) is 3.27. The van der Waals surface area contributed by atoms with Gasteiger partial charge in [-0.1, -0.05) is 24.6 Å². The van der Waals surface area contributed by atoms with Gasteiger partial charge in [0.15, 0.2) is 0 Å². The quantitative estimate of drug-likeness (QED) is 0.526. The molecule has 0 N–H and O–H groups in total. The van der Waals surface area contributed by atoms with Crippen LogP contribution in [-0.2, 0) is 21.4 Å². The highest BCUT2D eigenvalue weighted by atomic mass is 32.2. The van der Waals surface area contributed by atoms with Gasteiger partial charge in [-0.2, -0.15) is 9.57 Å². The number of hydrogen-bond acceptors (Lipinski definition) is 7. The summed E-state index contributed by atoms with van der Waals surface area (Å²) in [7, 11) is -3.54. The minimum Gasteiger partial charge on any atom is -0.467 e. The molecule has 3 rings (SSSR count). The summed E-state index contributed by atoms with van der Waals surface area (Å²) in [5.41, 5.74) is 0. The lowest BCUT2D eigenvalue weighted by atomic mass is 10.2. The van der Waals surface area contributed by atoms with Crippen LogP contribution in [0.3, 0.4) is 0 Å². The molecule has 1 amide bonds. The number of amides is 1. The topological polar surface area (TPSA) is 108 Å². The summed E-state index contributed by atoms with van der Waals surface area (Å²) in [5.74, 6) is 0.648. The number of nitrogens with zero attached hydrogens (tertiary/aromatic N) is 4. The van der Waals surface area contributed by atoms with E-state index in [-0.39, 0.29) is 23.0 Å². The molecule has 10 heteroatoms. The number of pyridine rings is 1. The van der Waals surface area contributed by atoms with E-state index in [9.17, 15) is 13.2 Å². The van der Waals surface area contributed by atoms with Crippen molar-refractivity contribution in [3.63, 3.8) is 0 Å². The summed E-state index contributed by atoms with van der Waals surface area (Å²) in [6.07, 6.45) is 7.01. The van der Waals surface area contributed by atoms with Crippen LogP contribution in [0.5, 0.6) is 0 Å². The number of rotatable bonds is 9. The van der Waals surface area contributed by atoms with E-state index in [4.69, 9.17) is 9.68 Å². The molecule has 0 unspecified atom stereocenters. The van der Waals surface area contributed by atoms with Crippen molar-refractivity contribution in [3.05, 3.63) is 42.5 Å². The second kappa shape index (κ2) is 11.3. The highest BCUT2D eigenvalue weighted by molar-refractivity contribution is 7.99. The van der Waals surface area contributed by atoms with Gasteiger partial charge in [0.05, 0.1) is 36.1 Å². The smallest absolute Gasteiger partial charge is 0.244 e. The normalized spacial score (nSPS) is 15.2. The molecule has 1 aliphatic rings. The first-order valence-corrected chi connectivity index (χ1v) is 12.7. The Bertz CT molecular complexity index is 977. The van der Waals surface area contributed by atoms with Crippen LogP contribution >= 0.6 is 11.8 Å². The Balaban J connectivity index is 1.59. The molecule has 0 atom stereocenters. The van der Waals surface area contributed by atoms with Crippen molar-refractivity contribution >= 4 is 27.7 Å². The summed E-state index contributed by atoms with van der Waals surface area (Å²) in [6.45, 7) is 1.70. The summed E-state index contributed by atoms with van der Waals surface area (Å²) < 4.78 is 32.5. The number of nitriles is 1. The maximum atomic E-state index is 12.8. The van der Waals surface area contributed by atoms with Crippen LogP contribution in [0.15, 0.2) is 51.1 Å². The second-order valence-electron chi connectivity index (χ2n) is 7.24. The molecule has 1 aliphatic heterocycles. The first kappa shape index (κ1) is 23.3. The van der Waals surface area contributed by atoms with Gasteiger partial charge in [0.25, 0.3) is 0 Å². The minimum absolute atomic E-state index is 0.136. The fourth-order valence-electron chi connectivity index (χ4n) is 3.33. The molecular weight excluding hydrogens is 436 g/mol. The molecule has 31 heavy (non-hydrogen) atoms. The molecule has 8 nitrogen and oxygen atoms in total. The van der Waals surface area contributed by atoms with Crippen molar-refractivity contribution in [2.45, 2.75) is 48.6 Å². The average Bonchev–Trinajstić information content (AvgIpc) is 3.13. The summed E-state index contributed by atoms with van der Waals surface area (Å²) in [5, 5.41) is 9.42. The Hall–Kier alpha value is -2.35. The zero-order valence-electron chi connectivity index (χ0n) is 17.3. The van der Waals surface area contributed by atoms with E-state index >= 15 is 0 Å². The third-order valence-electron chi connectivity index (χ3n) is 5.03. The van der Waals surface area contributed by atoms with E-state index in [0.717, 1.165) is 25.7 Å². The molecule has 1 fully saturated rings. The van der Waals surface area contributed by atoms with Gasteiger partial charge in [-0.3, -0.25) is 4.79 Å². The van der Waals surface area contributed by atoms with Gasteiger partial charge < -0.3 is 9.32 Å². The Kier molecular flexibility index (Phi) is 8.51. The first-order chi connectivity index (χ1) is 15.0. The lowest BCUT2D eigenvalue weighted by molar-refractivity contribution is -0.129. The number of hydrogen-bond donors (Lipinski definition) is 0. The van der Waals surface area contributed by atoms with Crippen LogP contribution in [-0.4, -0.2) is 53.9 Å². The molecular formula is C21H26N4O4S2. The molecule has 2 aromatic rings. The van der Waals surface area contributed by atoms with E-state index in [1.54, 1.807) is 35.4 Å². The van der Waals surface area contributed by atoms with E-state index < -0.39 is 10.0 Å². The van der Waals surface area contributed by atoms with E-state index in [1.165, 1.54) is 22.3 Å². The average molecular weight is 463 g/mol. The number of aromatic nitrogens is 1. The van der Waals surface area contributed by atoms with Crippen LogP contribution in [0.4, 0.5) is 0 Å². The predicted molar refractivity (Wildman–Crippen MR) is 117 cm³/mol. The van der Waals surface area contributed by atoms with Crippen LogP contribution in [0, 0.1) is 11.3 Å². The Morgan fingerprint density at radius 2 is 2.00 bits per heavy atom.